The lowest BCUT2D eigenvalue weighted by Gasteiger charge is -2.22. The van der Waals surface area contributed by atoms with Crippen LogP contribution in [-0.2, 0) is 17.0 Å². The number of amides is 3. The van der Waals surface area contributed by atoms with E-state index in [2.05, 4.69) is 25.8 Å². The van der Waals surface area contributed by atoms with Gasteiger partial charge in [-0.25, -0.2) is 4.79 Å². The maximum atomic E-state index is 13.1. The first kappa shape index (κ1) is 27.6. The number of thioether (sulfide) groups is 1. The van der Waals surface area contributed by atoms with Gasteiger partial charge in [-0.2, -0.15) is 0 Å². The molecule has 1 unspecified atom stereocenters. The summed E-state index contributed by atoms with van der Waals surface area (Å²) in [7, 11) is 0. The van der Waals surface area contributed by atoms with Crippen molar-refractivity contribution >= 4 is 23.7 Å². The summed E-state index contributed by atoms with van der Waals surface area (Å²) >= 11 is 1.41. The number of carbonyl (C=O) groups excluding carboxylic acids is 2. The van der Waals surface area contributed by atoms with Gasteiger partial charge in [-0.15, -0.1) is 10.2 Å². The van der Waals surface area contributed by atoms with E-state index in [0.29, 0.717) is 16.9 Å². The molecule has 2 aromatic heterocycles. The highest BCUT2D eigenvalue weighted by atomic mass is 32.2. The van der Waals surface area contributed by atoms with Crippen molar-refractivity contribution in [2.24, 2.45) is 5.73 Å². The third-order valence-corrected chi connectivity index (χ3v) is 7.21. The van der Waals surface area contributed by atoms with Crippen molar-refractivity contribution in [3.05, 3.63) is 132 Å². The van der Waals surface area contributed by atoms with E-state index in [0.717, 1.165) is 27.8 Å². The van der Waals surface area contributed by atoms with E-state index >= 15 is 0 Å². The molecule has 41 heavy (non-hydrogen) atoms. The number of aromatic nitrogens is 3. The second-order valence-electron chi connectivity index (χ2n) is 9.25. The predicted molar refractivity (Wildman–Crippen MR) is 157 cm³/mol. The molecular formula is C31H28N6O3S. The van der Waals surface area contributed by atoms with Crippen molar-refractivity contribution in [3.63, 3.8) is 0 Å². The number of nitrogens with two attached hydrogens (primary N) is 1. The highest BCUT2D eigenvalue weighted by Crippen LogP contribution is 2.26. The molecule has 0 bridgehead atoms. The minimum atomic E-state index is -0.899. The monoisotopic (exact) mass is 564 g/mol. The number of hydrogen-bond acceptors (Lipinski definition) is 7. The van der Waals surface area contributed by atoms with Crippen LogP contribution in [0, 0.1) is 0 Å². The van der Waals surface area contributed by atoms with Gasteiger partial charge in [0.25, 0.3) is 5.22 Å². The molecule has 1 atom stereocenters. The first-order valence-electron chi connectivity index (χ1n) is 13.0. The molecular weight excluding hydrogens is 536 g/mol. The Labute approximate surface area is 241 Å². The summed E-state index contributed by atoms with van der Waals surface area (Å²) in [4.78, 5) is 29.4. The van der Waals surface area contributed by atoms with Crippen LogP contribution in [0.1, 0.15) is 28.3 Å². The highest BCUT2D eigenvalue weighted by molar-refractivity contribution is 7.98. The first-order chi connectivity index (χ1) is 20.0. The number of carbonyl (C=O) groups is 2. The molecule has 0 aliphatic rings. The molecule has 0 spiro atoms. The highest BCUT2D eigenvalue weighted by Gasteiger charge is 2.22. The number of nitrogens with zero attached hydrogens (tertiary/aromatic N) is 3. The van der Waals surface area contributed by atoms with Gasteiger partial charge in [0.2, 0.25) is 11.8 Å². The lowest BCUT2D eigenvalue weighted by molar-refractivity contribution is -0.119. The molecule has 3 amide bonds. The molecule has 0 fully saturated rings. The number of rotatable bonds is 11. The van der Waals surface area contributed by atoms with E-state index < -0.39 is 24.0 Å². The van der Waals surface area contributed by atoms with Crippen molar-refractivity contribution in [2.75, 3.05) is 0 Å². The molecule has 0 aliphatic heterocycles. The third kappa shape index (κ3) is 7.58. The van der Waals surface area contributed by atoms with E-state index in [-0.39, 0.29) is 6.42 Å². The van der Waals surface area contributed by atoms with Crippen LogP contribution >= 0.6 is 11.8 Å². The van der Waals surface area contributed by atoms with Gasteiger partial charge in [-0.3, -0.25) is 9.78 Å². The summed E-state index contributed by atoms with van der Waals surface area (Å²) in [5, 5.41) is 14.4. The minimum absolute atomic E-state index is 0.245. The van der Waals surface area contributed by atoms with Crippen molar-refractivity contribution in [1.82, 2.24) is 25.8 Å². The SMILES string of the molecule is NC(=O)C(Cc1cccc(CSc2nnc(-c3ccncc3)o2)c1)NC(=O)NC(c1ccccc1)c1ccccc1. The van der Waals surface area contributed by atoms with Gasteiger partial charge in [0.1, 0.15) is 6.04 Å². The average Bonchev–Trinajstić information content (AvgIpc) is 3.49. The molecule has 2 heterocycles. The van der Waals surface area contributed by atoms with E-state index in [1.54, 1.807) is 24.5 Å². The van der Waals surface area contributed by atoms with Gasteiger partial charge in [-0.1, -0.05) is 96.7 Å². The fourth-order valence-electron chi connectivity index (χ4n) is 4.31. The Hall–Kier alpha value is -4.96. The van der Waals surface area contributed by atoms with Crippen molar-refractivity contribution in [2.45, 2.75) is 29.5 Å². The van der Waals surface area contributed by atoms with Crippen LogP contribution in [0.4, 0.5) is 4.79 Å². The molecule has 10 heteroatoms. The standard InChI is InChI=1S/C31H28N6O3S/c32-28(38)26(34-30(39)35-27(23-10-3-1-4-11-23)24-12-5-2-6-13-24)19-21-8-7-9-22(18-21)20-41-31-37-36-29(40-31)25-14-16-33-17-15-25/h1-18,26-27H,19-20H2,(H2,32,38)(H2,34,35,39). The maximum absolute atomic E-state index is 13.1. The number of hydrogen-bond donors (Lipinski definition) is 3. The Morgan fingerprint density at radius 1 is 0.805 bits per heavy atom. The molecule has 5 rings (SSSR count). The van der Waals surface area contributed by atoms with E-state index in [1.807, 2.05) is 84.9 Å². The molecule has 4 N–H and O–H groups in total. The molecule has 0 aliphatic carbocycles. The largest absolute Gasteiger partial charge is 0.411 e. The van der Waals surface area contributed by atoms with Crippen LogP contribution in [0.2, 0.25) is 0 Å². The van der Waals surface area contributed by atoms with Crippen LogP contribution in [-0.4, -0.2) is 33.2 Å². The number of primary amides is 1. The van der Waals surface area contributed by atoms with Crippen LogP contribution in [0.3, 0.4) is 0 Å². The number of benzene rings is 3. The predicted octanol–water partition coefficient (Wildman–Crippen LogP) is 4.91. The smallest absolute Gasteiger partial charge is 0.316 e. The van der Waals surface area contributed by atoms with Crippen molar-refractivity contribution in [1.29, 1.82) is 0 Å². The lowest BCUT2D eigenvalue weighted by atomic mass is 9.99. The summed E-state index contributed by atoms with van der Waals surface area (Å²) < 4.78 is 5.75. The van der Waals surface area contributed by atoms with Crippen LogP contribution in [0.15, 0.2) is 119 Å². The number of pyridine rings is 1. The second-order valence-corrected chi connectivity index (χ2v) is 10.2. The quantitative estimate of drug-likeness (QED) is 0.194. The van der Waals surface area contributed by atoms with Gasteiger partial charge >= 0.3 is 6.03 Å². The zero-order chi connectivity index (χ0) is 28.4. The topological polar surface area (TPSA) is 136 Å². The normalized spacial score (nSPS) is 11.6. The zero-order valence-corrected chi connectivity index (χ0v) is 22.8. The van der Waals surface area contributed by atoms with Crippen LogP contribution < -0.4 is 16.4 Å². The molecule has 0 saturated carbocycles. The Bertz CT molecular complexity index is 1540. The molecule has 5 aromatic rings. The van der Waals surface area contributed by atoms with Crippen molar-refractivity contribution < 1.29 is 14.0 Å². The fraction of sp³-hybridized carbons (Fsp3) is 0.129. The van der Waals surface area contributed by atoms with E-state index in [1.165, 1.54) is 11.8 Å². The Morgan fingerprint density at radius 2 is 1.46 bits per heavy atom. The molecule has 9 nitrogen and oxygen atoms in total. The summed E-state index contributed by atoms with van der Waals surface area (Å²) in [6.45, 7) is 0. The Balaban J connectivity index is 1.21. The summed E-state index contributed by atoms with van der Waals surface area (Å²) in [5.41, 5.74) is 10.2. The Morgan fingerprint density at radius 3 is 2.12 bits per heavy atom. The van der Waals surface area contributed by atoms with Gasteiger partial charge in [0, 0.05) is 30.1 Å². The van der Waals surface area contributed by atoms with Crippen LogP contribution in [0.25, 0.3) is 11.5 Å². The Kier molecular flexibility index (Phi) is 9.02. The van der Waals surface area contributed by atoms with Gasteiger partial charge < -0.3 is 20.8 Å². The number of urea groups is 1. The number of nitrogens with one attached hydrogen (secondary N) is 2. The minimum Gasteiger partial charge on any atom is -0.411 e. The van der Waals surface area contributed by atoms with Gasteiger partial charge in [-0.05, 0) is 34.4 Å². The molecule has 3 aromatic carbocycles. The maximum Gasteiger partial charge on any atom is 0.316 e. The third-order valence-electron chi connectivity index (χ3n) is 6.32. The van der Waals surface area contributed by atoms with E-state index in [4.69, 9.17) is 10.2 Å². The van der Waals surface area contributed by atoms with E-state index in [9.17, 15) is 9.59 Å². The average molecular weight is 565 g/mol. The fourth-order valence-corrected chi connectivity index (χ4v) is 5.02. The zero-order valence-electron chi connectivity index (χ0n) is 22.0. The summed E-state index contributed by atoms with van der Waals surface area (Å²) in [6, 6.07) is 28.9. The van der Waals surface area contributed by atoms with Gasteiger partial charge in [0.15, 0.2) is 0 Å². The van der Waals surface area contributed by atoms with Crippen molar-refractivity contribution in [3.8, 4) is 11.5 Å². The molecule has 0 saturated heterocycles. The molecule has 0 radical (unpaired) electrons. The van der Waals surface area contributed by atoms with Gasteiger partial charge in [0.05, 0.1) is 6.04 Å². The summed E-state index contributed by atoms with van der Waals surface area (Å²) in [5.74, 6) is 0.390. The summed E-state index contributed by atoms with van der Waals surface area (Å²) in [6.07, 6.45) is 3.58. The second kappa shape index (κ2) is 13.4. The molecule has 206 valence electrons. The first-order valence-corrected chi connectivity index (χ1v) is 13.9. The van der Waals surface area contributed by atoms with Crippen LogP contribution in [0.5, 0.6) is 0 Å². The lowest BCUT2D eigenvalue weighted by Crippen LogP contribution is -2.50.